The van der Waals surface area contributed by atoms with Gasteiger partial charge in [0.15, 0.2) is 0 Å². The molecule has 2 N–H and O–H groups in total. The van der Waals surface area contributed by atoms with Crippen molar-refractivity contribution in [2.75, 3.05) is 7.05 Å². The molecule has 2 aromatic carbocycles. The van der Waals surface area contributed by atoms with E-state index in [1.165, 1.54) is 41.3 Å². The van der Waals surface area contributed by atoms with E-state index in [0.29, 0.717) is 11.1 Å². The number of alkyl halides is 3. The summed E-state index contributed by atoms with van der Waals surface area (Å²) in [7, 11) is -2.22. The Bertz CT molecular complexity index is 986. The molecule has 0 heterocycles. The van der Waals surface area contributed by atoms with Crippen molar-refractivity contribution in [1.29, 1.82) is 0 Å². The number of nitrogens with two attached hydrogens (primary N) is 1. The number of benzene rings is 2. The number of carbonyl (C=O) groups excluding carboxylic acids is 1. The number of ether oxygens (including phenoxy) is 1. The Kier molecular flexibility index (Phi) is 6.70. The largest absolute Gasteiger partial charge is 0.573 e. The molecule has 0 aliphatic carbocycles. The topological polar surface area (TPSA) is 89.7 Å². The number of amides is 1. The molecule has 0 spiro atoms. The van der Waals surface area contributed by atoms with Gasteiger partial charge in [0.2, 0.25) is 15.9 Å². The molecule has 0 bridgehead atoms. The minimum atomic E-state index is -4.77. The summed E-state index contributed by atoms with van der Waals surface area (Å²) in [6.45, 7) is 1.76. The van der Waals surface area contributed by atoms with Crippen molar-refractivity contribution in [1.82, 2.24) is 4.90 Å². The summed E-state index contributed by atoms with van der Waals surface area (Å²) < 4.78 is 62.9. The van der Waals surface area contributed by atoms with Crippen LogP contribution in [-0.2, 0) is 14.8 Å². The van der Waals surface area contributed by atoms with E-state index in [2.05, 4.69) is 4.74 Å². The van der Waals surface area contributed by atoms with E-state index in [1.54, 1.807) is 26.1 Å². The Morgan fingerprint density at radius 3 is 2.14 bits per heavy atom. The lowest BCUT2D eigenvalue weighted by molar-refractivity contribution is -0.274. The summed E-state index contributed by atoms with van der Waals surface area (Å²) in [5.41, 5.74) is 1.22. The highest BCUT2D eigenvalue weighted by molar-refractivity contribution is 7.89. The predicted molar refractivity (Wildman–Crippen MR) is 101 cm³/mol. The molecule has 2 aromatic rings. The first-order valence-corrected chi connectivity index (χ1v) is 9.85. The molecule has 0 aliphatic rings. The zero-order valence-electron chi connectivity index (χ0n) is 15.6. The van der Waals surface area contributed by atoms with Gasteiger partial charge in [-0.1, -0.05) is 24.3 Å². The van der Waals surface area contributed by atoms with Crippen molar-refractivity contribution in [2.45, 2.75) is 24.2 Å². The monoisotopic (exact) mass is 428 g/mol. The number of hydrogen-bond donors (Lipinski definition) is 1. The number of sulfonamides is 1. The van der Waals surface area contributed by atoms with Gasteiger partial charge in [-0.25, -0.2) is 13.6 Å². The lowest BCUT2D eigenvalue weighted by Gasteiger charge is -2.24. The number of carbonyl (C=O) groups is 1. The highest BCUT2D eigenvalue weighted by Crippen LogP contribution is 2.23. The van der Waals surface area contributed by atoms with Crippen LogP contribution in [-0.4, -0.2) is 32.6 Å². The van der Waals surface area contributed by atoms with E-state index in [9.17, 15) is 26.4 Å². The third-order valence-electron chi connectivity index (χ3n) is 4.15. The van der Waals surface area contributed by atoms with Crippen LogP contribution < -0.4 is 9.88 Å². The number of likely N-dealkylation sites (N-methyl/N-ethyl adjacent to an activating group) is 1. The predicted octanol–water partition coefficient (Wildman–Crippen LogP) is 3.47. The normalized spacial score (nSPS) is 13.3. The Morgan fingerprint density at radius 2 is 1.66 bits per heavy atom. The number of rotatable bonds is 6. The Morgan fingerprint density at radius 1 is 1.10 bits per heavy atom. The second-order valence-corrected chi connectivity index (χ2v) is 7.75. The molecular weight excluding hydrogens is 409 g/mol. The second-order valence-electron chi connectivity index (χ2n) is 6.19. The third-order valence-corrected chi connectivity index (χ3v) is 5.08. The first-order valence-electron chi connectivity index (χ1n) is 8.30. The molecule has 0 aliphatic heterocycles. The lowest BCUT2D eigenvalue weighted by atomic mass is 10.1. The number of primary sulfonamides is 1. The second kappa shape index (κ2) is 8.66. The van der Waals surface area contributed by atoms with Gasteiger partial charge in [-0.2, -0.15) is 0 Å². The smallest absolute Gasteiger partial charge is 0.406 e. The summed E-state index contributed by atoms with van der Waals surface area (Å²) in [6.07, 6.45) is -2.01. The molecule has 10 heteroatoms. The first-order chi connectivity index (χ1) is 13.4. The van der Waals surface area contributed by atoms with Gasteiger partial charge >= 0.3 is 6.36 Å². The standard InChI is InChI=1S/C19H19F3N2O4S/c1-13(15-6-10-17(11-7-15)29(23,26)27)24(2)18(25)12-5-14-3-8-16(9-4-14)28-19(20,21)22/h3-13H,1-2H3,(H2,23,26,27)/b12-5+/t13-/m0/s1. The molecule has 0 fully saturated rings. The average Bonchev–Trinajstić information content (AvgIpc) is 2.64. The molecule has 6 nitrogen and oxygen atoms in total. The van der Waals surface area contributed by atoms with Crippen LogP contribution in [0.2, 0.25) is 0 Å². The van der Waals surface area contributed by atoms with E-state index < -0.39 is 16.4 Å². The van der Waals surface area contributed by atoms with Crippen molar-refractivity contribution >= 4 is 22.0 Å². The third kappa shape index (κ3) is 6.61. The number of hydrogen-bond acceptors (Lipinski definition) is 4. The van der Waals surface area contributed by atoms with Crippen LogP contribution in [0.4, 0.5) is 13.2 Å². The molecule has 29 heavy (non-hydrogen) atoms. The molecule has 1 atom stereocenters. The van der Waals surface area contributed by atoms with E-state index in [-0.39, 0.29) is 22.6 Å². The Labute approximate surface area is 166 Å². The van der Waals surface area contributed by atoms with Crippen LogP contribution in [0.1, 0.15) is 24.1 Å². The highest BCUT2D eigenvalue weighted by Gasteiger charge is 2.30. The summed E-state index contributed by atoms with van der Waals surface area (Å²) in [5, 5.41) is 5.06. The van der Waals surface area contributed by atoms with Crippen LogP contribution in [0.3, 0.4) is 0 Å². The zero-order valence-corrected chi connectivity index (χ0v) is 16.4. The zero-order chi connectivity index (χ0) is 21.8. The van der Waals surface area contributed by atoms with Gasteiger partial charge in [-0.15, -0.1) is 13.2 Å². The summed E-state index contributed by atoms with van der Waals surface area (Å²) in [5.74, 6) is -0.696. The van der Waals surface area contributed by atoms with Gasteiger partial charge in [0.05, 0.1) is 10.9 Å². The summed E-state index contributed by atoms with van der Waals surface area (Å²) >= 11 is 0. The van der Waals surface area contributed by atoms with Crippen LogP contribution in [0.5, 0.6) is 5.75 Å². The Hall–Kier alpha value is -2.85. The van der Waals surface area contributed by atoms with Crippen molar-refractivity contribution in [3.05, 3.63) is 65.7 Å². The van der Waals surface area contributed by atoms with Crippen molar-refractivity contribution in [3.63, 3.8) is 0 Å². The van der Waals surface area contributed by atoms with Crippen molar-refractivity contribution in [3.8, 4) is 5.75 Å². The average molecular weight is 428 g/mol. The van der Waals surface area contributed by atoms with Gasteiger partial charge in [0, 0.05) is 13.1 Å². The number of nitrogens with zero attached hydrogens (tertiary/aromatic N) is 1. The highest BCUT2D eigenvalue weighted by atomic mass is 32.2. The summed E-state index contributed by atoms with van der Waals surface area (Å²) in [4.78, 5) is 13.8. The maximum Gasteiger partial charge on any atom is 0.573 e. The van der Waals surface area contributed by atoms with Gasteiger partial charge in [-0.3, -0.25) is 4.79 Å². The van der Waals surface area contributed by atoms with E-state index >= 15 is 0 Å². The quantitative estimate of drug-likeness (QED) is 0.714. The maximum atomic E-state index is 12.4. The maximum absolute atomic E-state index is 12.4. The van der Waals surface area contributed by atoms with Gasteiger partial charge < -0.3 is 9.64 Å². The molecule has 156 valence electrons. The van der Waals surface area contributed by atoms with Crippen molar-refractivity contribution in [2.24, 2.45) is 5.14 Å². The first kappa shape index (κ1) is 22.4. The minimum Gasteiger partial charge on any atom is -0.406 e. The van der Waals surface area contributed by atoms with Crippen LogP contribution in [0.25, 0.3) is 6.08 Å². The molecular formula is C19H19F3N2O4S. The Balaban J connectivity index is 2.04. The minimum absolute atomic E-state index is 0.0275. The molecule has 0 unspecified atom stereocenters. The van der Waals surface area contributed by atoms with Gasteiger partial charge in [0.1, 0.15) is 5.75 Å². The fourth-order valence-corrected chi connectivity index (χ4v) is 2.93. The summed E-state index contributed by atoms with van der Waals surface area (Å²) in [6, 6.07) is 10.6. The SMILES string of the molecule is C[C@@H](c1ccc(S(N)(=O)=O)cc1)N(C)C(=O)/C=C/c1ccc(OC(F)(F)F)cc1. The van der Waals surface area contributed by atoms with E-state index in [1.807, 2.05) is 0 Å². The van der Waals surface area contributed by atoms with E-state index in [4.69, 9.17) is 5.14 Å². The molecule has 0 saturated heterocycles. The fraction of sp³-hybridized carbons (Fsp3) is 0.211. The lowest BCUT2D eigenvalue weighted by Crippen LogP contribution is -2.28. The van der Waals surface area contributed by atoms with Gasteiger partial charge in [0.25, 0.3) is 0 Å². The number of halogens is 3. The van der Waals surface area contributed by atoms with E-state index in [0.717, 1.165) is 12.1 Å². The van der Waals surface area contributed by atoms with Crippen LogP contribution in [0.15, 0.2) is 59.5 Å². The van der Waals surface area contributed by atoms with Gasteiger partial charge in [-0.05, 0) is 48.4 Å². The molecule has 1 amide bonds. The molecule has 0 radical (unpaired) electrons. The van der Waals surface area contributed by atoms with Crippen LogP contribution >= 0.6 is 0 Å². The molecule has 0 saturated carbocycles. The fourth-order valence-electron chi connectivity index (χ4n) is 2.42. The molecule has 2 rings (SSSR count). The van der Waals surface area contributed by atoms with Crippen molar-refractivity contribution < 1.29 is 31.1 Å². The van der Waals surface area contributed by atoms with Crippen LogP contribution in [0, 0.1) is 0 Å². The molecule has 0 aromatic heterocycles.